The highest BCUT2D eigenvalue weighted by Crippen LogP contribution is 2.16. The van der Waals surface area contributed by atoms with Crippen molar-refractivity contribution in [1.29, 1.82) is 0 Å². The number of hydrogen-bond donors (Lipinski definition) is 2. The van der Waals surface area contributed by atoms with Gasteiger partial charge in [-0.3, -0.25) is 9.59 Å². The molecule has 0 aliphatic carbocycles. The Hall–Kier alpha value is -3.25. The Bertz CT molecular complexity index is 990. The molecule has 0 aliphatic heterocycles. The highest BCUT2D eigenvalue weighted by Gasteiger charge is 2.11. The number of amides is 2. The molecule has 0 saturated carbocycles. The molecule has 0 bridgehead atoms. The van der Waals surface area contributed by atoms with Gasteiger partial charge in [0.25, 0.3) is 11.8 Å². The third-order valence-electron chi connectivity index (χ3n) is 3.69. The molecule has 0 unspecified atom stereocenters. The van der Waals surface area contributed by atoms with E-state index in [1.807, 2.05) is 0 Å². The molecular weight excluding hydrogens is 374 g/mol. The summed E-state index contributed by atoms with van der Waals surface area (Å²) in [5, 5.41) is 5.73. The van der Waals surface area contributed by atoms with Gasteiger partial charge in [-0.05, 0) is 60.7 Å². The Morgan fingerprint density at radius 3 is 1.67 bits per heavy atom. The molecule has 3 aromatic rings. The van der Waals surface area contributed by atoms with Crippen molar-refractivity contribution in [3.05, 3.63) is 94.5 Å². The number of benzene rings is 3. The molecule has 2 N–H and O–H groups in total. The van der Waals surface area contributed by atoms with E-state index in [0.29, 0.717) is 16.3 Å². The Labute approximate surface area is 158 Å². The lowest BCUT2D eigenvalue weighted by molar-refractivity contribution is 0.101. The molecule has 3 aromatic carbocycles. The summed E-state index contributed by atoms with van der Waals surface area (Å²) in [4.78, 5) is 24.4. The third kappa shape index (κ3) is 4.68. The first kappa shape index (κ1) is 18.5. The number of halogens is 3. The first-order valence-electron chi connectivity index (χ1n) is 7.86. The van der Waals surface area contributed by atoms with Crippen molar-refractivity contribution in [2.45, 2.75) is 0 Å². The maximum atomic E-state index is 13.2. The molecule has 136 valence electrons. The highest BCUT2D eigenvalue weighted by molar-refractivity contribution is 6.30. The number of carbonyl (C=O) groups is 2. The molecule has 2 amide bonds. The fraction of sp³-hybridized carbons (Fsp3) is 0. The van der Waals surface area contributed by atoms with Gasteiger partial charge in [0.1, 0.15) is 0 Å². The lowest BCUT2D eigenvalue weighted by Crippen LogP contribution is -2.14. The average molecular weight is 387 g/mol. The molecule has 4 nitrogen and oxygen atoms in total. The summed E-state index contributed by atoms with van der Waals surface area (Å²) < 4.78 is 26.1. The molecule has 0 heterocycles. The van der Waals surface area contributed by atoms with Gasteiger partial charge in [0.2, 0.25) is 0 Å². The molecule has 7 heteroatoms. The van der Waals surface area contributed by atoms with Crippen molar-refractivity contribution in [3.63, 3.8) is 0 Å². The van der Waals surface area contributed by atoms with Gasteiger partial charge in [-0.2, -0.15) is 0 Å². The predicted molar refractivity (Wildman–Crippen MR) is 100 cm³/mol. The number of rotatable bonds is 4. The van der Waals surface area contributed by atoms with Crippen LogP contribution in [0.25, 0.3) is 0 Å². The zero-order chi connectivity index (χ0) is 19.4. The average Bonchev–Trinajstić information content (AvgIpc) is 2.66. The number of carbonyl (C=O) groups excluding carboxylic acids is 2. The minimum absolute atomic E-state index is 0.128. The fourth-order valence-corrected chi connectivity index (χ4v) is 2.41. The zero-order valence-corrected chi connectivity index (χ0v) is 14.6. The van der Waals surface area contributed by atoms with Crippen LogP contribution in [0.3, 0.4) is 0 Å². The summed E-state index contributed by atoms with van der Waals surface area (Å²) in [6, 6.07) is 15.6. The normalized spacial score (nSPS) is 10.3. The molecule has 27 heavy (non-hydrogen) atoms. The van der Waals surface area contributed by atoms with Gasteiger partial charge < -0.3 is 10.6 Å². The predicted octanol–water partition coefficient (Wildman–Crippen LogP) is 5.12. The molecule has 0 spiro atoms. The minimum atomic E-state index is -1.05. The standard InChI is InChI=1S/C20H13ClF2N2O2/c21-14-5-7-15(8-6-14)24-19(26)12-1-3-13(4-2-12)20(27)25-16-9-10-17(22)18(23)11-16/h1-11H,(H,24,26)(H,25,27). The number of anilines is 2. The zero-order valence-electron chi connectivity index (χ0n) is 13.8. The van der Waals surface area contributed by atoms with E-state index in [-0.39, 0.29) is 17.2 Å². The number of nitrogens with one attached hydrogen (secondary N) is 2. The van der Waals surface area contributed by atoms with Crippen LogP contribution in [0.15, 0.2) is 66.7 Å². The second kappa shape index (κ2) is 7.97. The Morgan fingerprint density at radius 1 is 0.667 bits per heavy atom. The van der Waals surface area contributed by atoms with Gasteiger partial charge in [0.15, 0.2) is 11.6 Å². The van der Waals surface area contributed by atoms with Crippen molar-refractivity contribution in [2.75, 3.05) is 10.6 Å². The van der Waals surface area contributed by atoms with Crippen molar-refractivity contribution in [1.82, 2.24) is 0 Å². The van der Waals surface area contributed by atoms with Gasteiger partial charge in [0.05, 0.1) is 0 Å². The minimum Gasteiger partial charge on any atom is -0.322 e. The molecule has 3 rings (SSSR count). The molecule has 0 aliphatic rings. The van der Waals surface area contributed by atoms with E-state index >= 15 is 0 Å². The van der Waals surface area contributed by atoms with Gasteiger partial charge in [-0.25, -0.2) is 8.78 Å². The molecule has 0 atom stereocenters. The smallest absolute Gasteiger partial charge is 0.255 e. The van der Waals surface area contributed by atoms with E-state index in [0.717, 1.165) is 12.1 Å². The number of hydrogen-bond acceptors (Lipinski definition) is 2. The molecule has 0 radical (unpaired) electrons. The van der Waals surface area contributed by atoms with E-state index in [4.69, 9.17) is 11.6 Å². The van der Waals surface area contributed by atoms with Gasteiger partial charge in [-0.15, -0.1) is 0 Å². The summed E-state index contributed by atoms with van der Waals surface area (Å²) in [6.07, 6.45) is 0. The van der Waals surface area contributed by atoms with Crippen LogP contribution >= 0.6 is 11.6 Å². The van der Waals surface area contributed by atoms with Gasteiger partial charge in [-0.1, -0.05) is 11.6 Å². The van der Waals surface area contributed by atoms with Crippen LogP contribution in [0.5, 0.6) is 0 Å². The topological polar surface area (TPSA) is 58.2 Å². The van der Waals surface area contributed by atoms with E-state index in [1.165, 1.54) is 30.3 Å². The van der Waals surface area contributed by atoms with Gasteiger partial charge >= 0.3 is 0 Å². The van der Waals surface area contributed by atoms with Crippen LogP contribution in [0.1, 0.15) is 20.7 Å². The quantitative estimate of drug-likeness (QED) is 0.653. The Kier molecular flexibility index (Phi) is 5.47. The first-order valence-corrected chi connectivity index (χ1v) is 8.23. The van der Waals surface area contributed by atoms with E-state index in [1.54, 1.807) is 24.3 Å². The van der Waals surface area contributed by atoms with E-state index in [9.17, 15) is 18.4 Å². The summed E-state index contributed by atoms with van der Waals surface area (Å²) in [7, 11) is 0. The summed E-state index contributed by atoms with van der Waals surface area (Å²) >= 11 is 5.80. The first-order chi connectivity index (χ1) is 12.9. The largest absolute Gasteiger partial charge is 0.322 e. The van der Waals surface area contributed by atoms with E-state index < -0.39 is 17.5 Å². The second-order valence-corrected chi connectivity index (χ2v) is 6.06. The van der Waals surface area contributed by atoms with Crippen molar-refractivity contribution < 1.29 is 18.4 Å². The van der Waals surface area contributed by atoms with Gasteiger partial charge in [0, 0.05) is 33.6 Å². The van der Waals surface area contributed by atoms with E-state index in [2.05, 4.69) is 10.6 Å². The fourth-order valence-electron chi connectivity index (χ4n) is 2.29. The summed E-state index contributed by atoms with van der Waals surface area (Å²) in [6.45, 7) is 0. The van der Waals surface area contributed by atoms with Crippen LogP contribution in [-0.2, 0) is 0 Å². The van der Waals surface area contributed by atoms with Crippen LogP contribution in [0.4, 0.5) is 20.2 Å². The Morgan fingerprint density at radius 2 is 1.15 bits per heavy atom. The monoisotopic (exact) mass is 386 g/mol. The third-order valence-corrected chi connectivity index (χ3v) is 3.94. The SMILES string of the molecule is O=C(Nc1ccc(Cl)cc1)c1ccc(C(=O)Nc2ccc(F)c(F)c2)cc1. The molecule has 0 saturated heterocycles. The van der Waals surface area contributed by atoms with Crippen molar-refractivity contribution >= 4 is 34.8 Å². The van der Waals surface area contributed by atoms with Crippen LogP contribution < -0.4 is 10.6 Å². The Balaban J connectivity index is 1.66. The summed E-state index contributed by atoms with van der Waals surface area (Å²) in [5.41, 5.74) is 1.34. The lowest BCUT2D eigenvalue weighted by Gasteiger charge is -2.08. The molecule has 0 aromatic heterocycles. The summed E-state index contributed by atoms with van der Waals surface area (Å²) in [5.74, 6) is -2.90. The van der Waals surface area contributed by atoms with Crippen LogP contribution in [-0.4, -0.2) is 11.8 Å². The van der Waals surface area contributed by atoms with Crippen LogP contribution in [0, 0.1) is 11.6 Å². The lowest BCUT2D eigenvalue weighted by atomic mass is 10.1. The van der Waals surface area contributed by atoms with Crippen LogP contribution in [0.2, 0.25) is 5.02 Å². The molecular formula is C20H13ClF2N2O2. The maximum absolute atomic E-state index is 13.2. The van der Waals surface area contributed by atoms with Crippen molar-refractivity contribution in [3.8, 4) is 0 Å². The molecule has 0 fully saturated rings. The highest BCUT2D eigenvalue weighted by atomic mass is 35.5. The second-order valence-electron chi connectivity index (χ2n) is 5.62. The maximum Gasteiger partial charge on any atom is 0.255 e. The van der Waals surface area contributed by atoms with Crippen molar-refractivity contribution in [2.24, 2.45) is 0 Å².